The molecule has 1 aromatic carbocycles. The van der Waals surface area contributed by atoms with Gasteiger partial charge in [-0.2, -0.15) is 5.10 Å². The maximum Gasteiger partial charge on any atom is 0.277 e. The van der Waals surface area contributed by atoms with Crippen molar-refractivity contribution >= 4 is 28.8 Å². The lowest BCUT2D eigenvalue weighted by Crippen LogP contribution is -2.31. The predicted molar refractivity (Wildman–Crippen MR) is 169 cm³/mol. The van der Waals surface area contributed by atoms with Crippen LogP contribution >= 0.6 is 11.9 Å². The van der Waals surface area contributed by atoms with Crippen LogP contribution in [0.2, 0.25) is 0 Å². The van der Waals surface area contributed by atoms with Crippen LogP contribution in [0.25, 0.3) is 22.4 Å². The minimum absolute atomic E-state index is 0.124. The van der Waals surface area contributed by atoms with E-state index in [0.717, 1.165) is 34.8 Å². The first-order chi connectivity index (χ1) is 20.3. The molecule has 0 atom stereocenters. The third-order valence-corrected chi connectivity index (χ3v) is 7.73. The van der Waals surface area contributed by atoms with Crippen molar-refractivity contribution in [1.29, 1.82) is 0 Å². The van der Waals surface area contributed by atoms with Crippen LogP contribution in [0.5, 0.6) is 5.75 Å². The highest BCUT2D eigenvalue weighted by molar-refractivity contribution is 7.97. The average molecular weight is 590 g/mol. The fourth-order valence-corrected chi connectivity index (χ4v) is 5.75. The van der Waals surface area contributed by atoms with E-state index in [1.165, 1.54) is 0 Å². The lowest BCUT2D eigenvalue weighted by molar-refractivity contribution is -0.116. The summed E-state index contributed by atoms with van der Waals surface area (Å²) in [5, 5.41) is 4.53. The van der Waals surface area contributed by atoms with E-state index in [4.69, 9.17) is 14.5 Å². The summed E-state index contributed by atoms with van der Waals surface area (Å²) in [7, 11) is 1.76. The average Bonchev–Trinajstić information content (AvgIpc) is 3.29. The molecule has 2 aromatic heterocycles. The molecule has 1 saturated heterocycles. The van der Waals surface area contributed by atoms with E-state index in [-0.39, 0.29) is 11.3 Å². The summed E-state index contributed by atoms with van der Waals surface area (Å²) in [5.74, 6) is 1.96. The number of hydrogen-bond acceptors (Lipinski definition) is 8. The first-order valence-electron chi connectivity index (χ1n) is 14.3. The van der Waals surface area contributed by atoms with Crippen molar-refractivity contribution in [3.63, 3.8) is 0 Å². The third kappa shape index (κ3) is 7.30. The van der Waals surface area contributed by atoms with Gasteiger partial charge in [0.2, 0.25) is 0 Å². The summed E-state index contributed by atoms with van der Waals surface area (Å²) >= 11 is 1.56. The molecule has 0 unspecified atom stereocenters. The van der Waals surface area contributed by atoms with E-state index in [9.17, 15) is 9.59 Å². The lowest BCUT2D eigenvalue weighted by atomic mass is 10.0. The van der Waals surface area contributed by atoms with E-state index in [0.29, 0.717) is 66.5 Å². The standard InChI is InChI=1S/C32H39N5O4S/c1-7-11-26-29-30(36(6)35-26)32(39)34-31(33-29)25-19-24(14-15-28(25)41-10-4)42-37-17-16-27(38)22(20-37)18-21(5)12-13-23(8-2)40-9-3/h8,12-15,18-19H,5,7,9-11,16-17,20H2,1-4,6H3,(H,33,34,39)/b13-12-,22-18-,23-8+. The van der Waals surface area contributed by atoms with Crippen LogP contribution in [-0.4, -0.2) is 56.1 Å². The normalized spacial score (nSPS) is 15.7. The SMILES string of the molecule is C=C(/C=C\C(=C/C)OCC)/C=C1/CN(Sc2ccc(OCC)c(-c3nc4c(CCC)nn(C)c4c(=O)[nH]3)c2)CCC1=O. The molecule has 4 rings (SSSR count). The molecule has 222 valence electrons. The Balaban J connectivity index is 1.60. The van der Waals surface area contributed by atoms with Gasteiger partial charge in [0.05, 0.1) is 24.5 Å². The number of Topliss-reactive ketones (excluding diaryl/α,β-unsaturated/α-hetero) is 1. The number of nitrogens with zero attached hydrogens (tertiary/aromatic N) is 4. The Morgan fingerprint density at radius 3 is 2.71 bits per heavy atom. The fourth-order valence-electron chi connectivity index (χ4n) is 4.76. The van der Waals surface area contributed by atoms with Gasteiger partial charge in [-0.15, -0.1) is 0 Å². The summed E-state index contributed by atoms with van der Waals surface area (Å²) in [6.45, 7) is 14.1. The van der Waals surface area contributed by atoms with Gasteiger partial charge < -0.3 is 14.5 Å². The predicted octanol–water partition coefficient (Wildman–Crippen LogP) is 5.94. The molecule has 3 heterocycles. The summed E-state index contributed by atoms with van der Waals surface area (Å²) in [5.41, 5.74) is 3.77. The lowest BCUT2D eigenvalue weighted by Gasteiger charge is -2.27. The van der Waals surface area contributed by atoms with Crippen LogP contribution in [0, 0.1) is 0 Å². The number of allylic oxidation sites excluding steroid dienone is 5. The second kappa shape index (κ2) is 14.3. The molecule has 1 aliphatic heterocycles. The topological polar surface area (TPSA) is 102 Å². The van der Waals surface area contributed by atoms with Crippen LogP contribution in [0.1, 0.15) is 46.2 Å². The van der Waals surface area contributed by atoms with Crippen molar-refractivity contribution in [2.75, 3.05) is 26.3 Å². The Morgan fingerprint density at radius 2 is 2.00 bits per heavy atom. The van der Waals surface area contributed by atoms with E-state index in [1.54, 1.807) is 23.7 Å². The molecule has 0 amide bonds. The minimum atomic E-state index is -0.241. The van der Waals surface area contributed by atoms with Gasteiger partial charge in [0.25, 0.3) is 5.56 Å². The molecule has 0 spiro atoms. The van der Waals surface area contributed by atoms with Crippen molar-refractivity contribution in [2.45, 2.75) is 51.9 Å². The second-order valence-electron chi connectivity index (χ2n) is 9.85. The number of ketones is 1. The number of aromatic amines is 1. The van der Waals surface area contributed by atoms with Gasteiger partial charge in [0.1, 0.15) is 22.8 Å². The number of H-pyrrole nitrogens is 1. The molecule has 0 radical (unpaired) electrons. The number of nitrogens with one attached hydrogen (secondary N) is 1. The molecule has 42 heavy (non-hydrogen) atoms. The molecule has 0 bridgehead atoms. The van der Waals surface area contributed by atoms with E-state index >= 15 is 0 Å². The number of aromatic nitrogens is 4. The quantitative estimate of drug-likeness (QED) is 0.120. The highest BCUT2D eigenvalue weighted by atomic mass is 32.2. The van der Waals surface area contributed by atoms with Gasteiger partial charge in [-0.1, -0.05) is 26.0 Å². The molecule has 0 saturated carbocycles. The van der Waals surface area contributed by atoms with Gasteiger partial charge in [-0.3, -0.25) is 14.3 Å². The Kier molecular flexibility index (Phi) is 10.6. The van der Waals surface area contributed by atoms with E-state index in [2.05, 4.69) is 27.9 Å². The molecule has 1 aliphatic rings. The minimum Gasteiger partial charge on any atom is -0.494 e. The van der Waals surface area contributed by atoms with Gasteiger partial charge >= 0.3 is 0 Å². The zero-order chi connectivity index (χ0) is 30.2. The molecule has 1 N–H and O–H groups in total. The number of carbonyl (C=O) groups excluding carboxylic acids is 1. The van der Waals surface area contributed by atoms with Crippen molar-refractivity contribution in [3.8, 4) is 17.1 Å². The van der Waals surface area contributed by atoms with Crippen LogP contribution in [0.4, 0.5) is 0 Å². The zero-order valence-electron chi connectivity index (χ0n) is 25.0. The maximum atomic E-state index is 13.1. The zero-order valence-corrected chi connectivity index (χ0v) is 25.8. The summed E-state index contributed by atoms with van der Waals surface area (Å²) in [4.78, 5) is 34.6. The Bertz CT molecular complexity index is 1610. The Hall–Kier alpha value is -3.89. The van der Waals surface area contributed by atoms with Gasteiger partial charge in [-0.25, -0.2) is 9.29 Å². The molecule has 9 nitrogen and oxygen atoms in total. The highest BCUT2D eigenvalue weighted by Gasteiger charge is 2.23. The number of fused-ring (bicyclic) bond motifs is 1. The summed E-state index contributed by atoms with van der Waals surface area (Å²) in [6, 6.07) is 5.86. The molecular formula is C32H39N5O4S. The van der Waals surface area contributed by atoms with Gasteiger partial charge in [-0.05, 0) is 81.1 Å². The molecular weight excluding hydrogens is 550 g/mol. The number of benzene rings is 1. The molecule has 1 fully saturated rings. The van der Waals surface area contributed by atoms with Crippen molar-refractivity contribution in [3.05, 3.63) is 82.0 Å². The molecule has 3 aromatic rings. The van der Waals surface area contributed by atoms with Crippen LogP contribution in [0.3, 0.4) is 0 Å². The Morgan fingerprint density at radius 1 is 1.19 bits per heavy atom. The van der Waals surface area contributed by atoms with E-state index in [1.807, 2.05) is 63.3 Å². The van der Waals surface area contributed by atoms with Crippen LogP contribution in [-0.2, 0) is 23.0 Å². The van der Waals surface area contributed by atoms with Crippen molar-refractivity contribution in [1.82, 2.24) is 24.1 Å². The number of carbonyl (C=O) groups is 1. The summed E-state index contributed by atoms with van der Waals surface area (Å²) < 4.78 is 15.2. The number of piperidine rings is 1. The van der Waals surface area contributed by atoms with Crippen molar-refractivity contribution < 1.29 is 14.3 Å². The van der Waals surface area contributed by atoms with Gasteiger partial charge in [0.15, 0.2) is 11.3 Å². The molecule has 0 aliphatic carbocycles. The van der Waals surface area contributed by atoms with Crippen LogP contribution in [0.15, 0.2) is 75.7 Å². The molecule has 10 heteroatoms. The first-order valence-corrected chi connectivity index (χ1v) is 15.1. The number of hydrogen-bond donors (Lipinski definition) is 1. The summed E-state index contributed by atoms with van der Waals surface area (Å²) in [6.07, 6.45) is 9.50. The van der Waals surface area contributed by atoms with Crippen molar-refractivity contribution in [2.24, 2.45) is 7.05 Å². The maximum absolute atomic E-state index is 13.1. The highest BCUT2D eigenvalue weighted by Crippen LogP contribution is 2.35. The van der Waals surface area contributed by atoms with Gasteiger partial charge in [0, 0.05) is 37.0 Å². The smallest absolute Gasteiger partial charge is 0.277 e. The second-order valence-corrected chi connectivity index (χ2v) is 11.0. The number of aryl methyl sites for hydroxylation is 2. The fraction of sp³-hybridized carbons (Fsp3) is 0.375. The monoisotopic (exact) mass is 589 g/mol. The third-order valence-electron chi connectivity index (χ3n) is 6.70. The Labute approximate surface area is 251 Å². The number of rotatable bonds is 12. The first kappa shape index (κ1) is 31.1. The number of ether oxygens (including phenoxy) is 2. The largest absolute Gasteiger partial charge is 0.494 e. The van der Waals surface area contributed by atoms with E-state index < -0.39 is 0 Å². The van der Waals surface area contributed by atoms with Crippen LogP contribution < -0.4 is 10.3 Å².